The largest absolute Gasteiger partial charge is 0.373 e. The van der Waals surface area contributed by atoms with Crippen molar-refractivity contribution in [2.24, 2.45) is 26.8 Å². The molecule has 168 valence electrons. The molecule has 4 N–H and O–H groups in total. The van der Waals surface area contributed by atoms with E-state index in [9.17, 15) is 4.79 Å². The van der Waals surface area contributed by atoms with Gasteiger partial charge in [-0.05, 0) is 25.2 Å². The Morgan fingerprint density at radius 3 is 2.74 bits per heavy atom. The van der Waals surface area contributed by atoms with Crippen molar-refractivity contribution in [2.45, 2.75) is 19.5 Å². The predicted octanol–water partition coefficient (Wildman–Crippen LogP) is 1.98. The number of hydrogen-bond donors (Lipinski definition) is 2. The smallest absolute Gasteiger partial charge is 0.352 e. The van der Waals surface area contributed by atoms with Crippen LogP contribution in [0, 0.1) is 0 Å². The van der Waals surface area contributed by atoms with Crippen molar-refractivity contribution in [1.29, 1.82) is 0 Å². The van der Waals surface area contributed by atoms with Crippen LogP contribution in [0.1, 0.15) is 13.3 Å². The molecule has 0 radical (unpaired) electrons. The molecule has 0 saturated carbocycles. The van der Waals surface area contributed by atoms with Crippen LogP contribution in [0.2, 0.25) is 0 Å². The minimum absolute atomic E-state index is 0.192. The average molecular weight is 429 g/mol. The van der Waals surface area contributed by atoms with Gasteiger partial charge in [0.15, 0.2) is 6.17 Å². The number of urea groups is 1. The van der Waals surface area contributed by atoms with Gasteiger partial charge in [-0.2, -0.15) is 5.10 Å². The molecule has 1 aliphatic rings. The highest BCUT2D eigenvalue weighted by Gasteiger charge is 2.15. The number of hydrazone groups is 1. The van der Waals surface area contributed by atoms with Crippen molar-refractivity contribution in [3.8, 4) is 0 Å². The Hall–Kier alpha value is -3.34. The fraction of sp³-hybridized carbons (Fsp3) is 0.333. The van der Waals surface area contributed by atoms with Gasteiger partial charge in [0.1, 0.15) is 0 Å². The second kappa shape index (κ2) is 15.5. The van der Waals surface area contributed by atoms with Crippen LogP contribution in [0.4, 0.5) is 4.79 Å². The van der Waals surface area contributed by atoms with E-state index in [2.05, 4.69) is 21.8 Å². The van der Waals surface area contributed by atoms with E-state index in [0.29, 0.717) is 25.3 Å². The number of carbonyl (C=O) groups excluding carboxylic acids is 1. The van der Waals surface area contributed by atoms with Gasteiger partial charge in [-0.15, -0.1) is 0 Å². The molecule has 0 fully saturated rings. The molecule has 10 heteroatoms. The molecular formula is C21H32N8O2. The Kier molecular flexibility index (Phi) is 12.8. The molecule has 0 aromatic carbocycles. The number of hydrazine groups is 2. The highest BCUT2D eigenvalue weighted by molar-refractivity contribution is 5.74. The standard InChI is InChI=1S/C21H32N8O2/c1-4-25-14-10-11-19(29(23)21(30)27(3)22)13-18-31-17-9-8-16-28(24-2)20-12-6-5-7-15-26-20/h4-10,12-15,20H,2,11,16-18,22-23H2,1,3H3/b9-8-,14-10-,19-13-,25-4-. The molecule has 0 bridgehead atoms. The lowest BCUT2D eigenvalue weighted by Gasteiger charge is -2.22. The number of hydrogen-bond acceptors (Lipinski definition) is 8. The Labute approximate surface area is 183 Å². The molecule has 1 rings (SSSR count). The zero-order valence-electron chi connectivity index (χ0n) is 18.1. The zero-order valence-corrected chi connectivity index (χ0v) is 18.1. The van der Waals surface area contributed by atoms with Crippen molar-refractivity contribution < 1.29 is 9.53 Å². The summed E-state index contributed by atoms with van der Waals surface area (Å²) in [5, 5.41) is 7.66. The van der Waals surface area contributed by atoms with E-state index in [1.54, 1.807) is 35.8 Å². The van der Waals surface area contributed by atoms with E-state index in [0.717, 1.165) is 10.0 Å². The third-order valence-corrected chi connectivity index (χ3v) is 3.91. The molecule has 1 unspecified atom stereocenters. The lowest BCUT2D eigenvalue weighted by atomic mass is 10.3. The summed E-state index contributed by atoms with van der Waals surface area (Å²) < 4.78 is 5.59. The predicted molar refractivity (Wildman–Crippen MR) is 126 cm³/mol. The van der Waals surface area contributed by atoms with Gasteiger partial charge in [0.05, 0.1) is 19.8 Å². The van der Waals surface area contributed by atoms with Crippen molar-refractivity contribution in [3.05, 3.63) is 60.5 Å². The zero-order chi connectivity index (χ0) is 22.9. The average Bonchev–Trinajstić information content (AvgIpc) is 3.05. The summed E-state index contributed by atoms with van der Waals surface area (Å²) in [6.45, 7) is 6.60. The van der Waals surface area contributed by atoms with Gasteiger partial charge in [-0.3, -0.25) is 20.0 Å². The van der Waals surface area contributed by atoms with Gasteiger partial charge in [0.25, 0.3) is 0 Å². The lowest BCUT2D eigenvalue weighted by molar-refractivity contribution is 0.172. The minimum Gasteiger partial charge on any atom is -0.373 e. The topological polar surface area (TPSA) is 125 Å². The molecule has 0 aliphatic carbocycles. The molecule has 0 aromatic rings. The summed E-state index contributed by atoms with van der Waals surface area (Å²) in [4.78, 5) is 20.4. The van der Waals surface area contributed by atoms with Crippen molar-refractivity contribution in [3.63, 3.8) is 0 Å². The Bertz CT molecular complexity index is 749. The van der Waals surface area contributed by atoms with Crippen LogP contribution in [0.15, 0.2) is 75.6 Å². The van der Waals surface area contributed by atoms with Crippen molar-refractivity contribution in [2.75, 3.05) is 26.8 Å². The molecule has 1 heterocycles. The normalized spacial score (nSPS) is 16.4. The molecule has 1 atom stereocenters. The maximum Gasteiger partial charge on any atom is 0.352 e. The van der Waals surface area contributed by atoms with Gasteiger partial charge in [0.2, 0.25) is 0 Å². The van der Waals surface area contributed by atoms with Gasteiger partial charge in [-0.25, -0.2) is 21.5 Å². The van der Waals surface area contributed by atoms with Crippen LogP contribution in [-0.4, -0.2) is 73.2 Å². The number of amides is 2. The second-order valence-corrected chi connectivity index (χ2v) is 6.21. The third kappa shape index (κ3) is 10.3. The summed E-state index contributed by atoms with van der Waals surface area (Å²) in [7, 11) is 1.42. The second-order valence-electron chi connectivity index (χ2n) is 6.21. The van der Waals surface area contributed by atoms with Crippen LogP contribution in [0.5, 0.6) is 0 Å². The fourth-order valence-corrected chi connectivity index (χ4v) is 2.33. The van der Waals surface area contributed by atoms with Gasteiger partial charge in [0, 0.05) is 44.5 Å². The lowest BCUT2D eigenvalue weighted by Crippen LogP contribution is -2.47. The summed E-state index contributed by atoms with van der Waals surface area (Å²) in [5.41, 5.74) is 0.544. The highest BCUT2D eigenvalue weighted by atomic mass is 16.5. The Morgan fingerprint density at radius 1 is 1.23 bits per heavy atom. The first-order valence-electron chi connectivity index (χ1n) is 9.73. The third-order valence-electron chi connectivity index (χ3n) is 3.91. The first-order valence-corrected chi connectivity index (χ1v) is 9.73. The number of nitrogens with zero attached hydrogens (tertiary/aromatic N) is 6. The quantitative estimate of drug-likeness (QED) is 0.123. The van der Waals surface area contributed by atoms with E-state index in [-0.39, 0.29) is 12.8 Å². The number of carbonyl (C=O) groups is 1. The molecule has 31 heavy (non-hydrogen) atoms. The number of nitrogens with two attached hydrogens (primary N) is 2. The number of ether oxygens (including phenoxy) is 1. The van der Waals surface area contributed by atoms with Crippen LogP contribution in [0.25, 0.3) is 0 Å². The van der Waals surface area contributed by atoms with Crippen LogP contribution in [-0.2, 0) is 4.74 Å². The SMILES string of the molecule is C=NN(C/C=C\COC/C=C(/C/C=C\N=C/C)N(N)C(=O)N(C)N)C1C=CC=CC=N1. The fourth-order valence-electron chi connectivity index (χ4n) is 2.33. The molecule has 2 amide bonds. The van der Waals surface area contributed by atoms with Crippen molar-refractivity contribution >= 4 is 25.2 Å². The monoisotopic (exact) mass is 428 g/mol. The van der Waals surface area contributed by atoms with E-state index < -0.39 is 6.03 Å². The van der Waals surface area contributed by atoms with Crippen LogP contribution >= 0.6 is 0 Å². The van der Waals surface area contributed by atoms with E-state index in [4.69, 9.17) is 16.4 Å². The maximum atomic E-state index is 12.0. The van der Waals surface area contributed by atoms with Gasteiger partial charge >= 0.3 is 6.03 Å². The van der Waals surface area contributed by atoms with Gasteiger partial charge < -0.3 is 4.74 Å². The van der Waals surface area contributed by atoms with Crippen molar-refractivity contribution in [1.82, 2.24) is 15.0 Å². The molecule has 0 saturated heterocycles. The first-order chi connectivity index (χ1) is 15.0. The Balaban J connectivity index is 2.54. The summed E-state index contributed by atoms with van der Waals surface area (Å²) in [5.74, 6) is 11.4. The Morgan fingerprint density at radius 2 is 2.03 bits per heavy atom. The first kappa shape index (κ1) is 25.7. The van der Waals surface area contributed by atoms with E-state index >= 15 is 0 Å². The molecule has 1 aliphatic heterocycles. The van der Waals surface area contributed by atoms with Crippen LogP contribution < -0.4 is 11.7 Å². The molecule has 0 spiro atoms. The van der Waals surface area contributed by atoms with Crippen LogP contribution in [0.3, 0.4) is 0 Å². The van der Waals surface area contributed by atoms with E-state index in [1.165, 1.54) is 7.05 Å². The number of allylic oxidation sites excluding steroid dienone is 4. The maximum absolute atomic E-state index is 12.0. The number of aliphatic imine (C=N–C) groups is 2. The molecule has 10 nitrogen and oxygen atoms in total. The minimum atomic E-state index is -0.541. The van der Waals surface area contributed by atoms with Gasteiger partial charge in [-0.1, -0.05) is 30.4 Å². The summed E-state index contributed by atoms with van der Waals surface area (Å²) in [6.07, 6.45) is 20.2. The number of rotatable bonds is 12. The molecule has 0 aromatic heterocycles. The highest BCUT2D eigenvalue weighted by Crippen LogP contribution is 2.08. The molecular weight excluding hydrogens is 396 g/mol. The summed E-state index contributed by atoms with van der Waals surface area (Å²) >= 11 is 0. The van der Waals surface area contributed by atoms with E-state index in [1.807, 2.05) is 43.4 Å². The summed E-state index contributed by atoms with van der Waals surface area (Å²) in [6, 6.07) is -0.541.